The minimum atomic E-state index is -0.812. The van der Waals surface area contributed by atoms with Gasteiger partial charge >= 0.3 is 5.97 Å². The summed E-state index contributed by atoms with van der Waals surface area (Å²) < 4.78 is 0. The molecule has 0 radical (unpaired) electrons. The van der Waals surface area contributed by atoms with Crippen molar-refractivity contribution in [3.05, 3.63) is 0 Å². The summed E-state index contributed by atoms with van der Waals surface area (Å²) in [7, 11) is 0. The maximum atomic E-state index is 11.7. The van der Waals surface area contributed by atoms with Crippen LogP contribution in [0.3, 0.4) is 0 Å². The number of rotatable bonds is 6. The van der Waals surface area contributed by atoms with E-state index in [2.05, 4.69) is 5.32 Å². The van der Waals surface area contributed by atoms with Crippen LogP contribution in [0.2, 0.25) is 0 Å². The first kappa shape index (κ1) is 13.0. The Morgan fingerprint density at radius 1 is 1.38 bits per heavy atom. The first-order valence-corrected chi connectivity index (χ1v) is 6.15. The van der Waals surface area contributed by atoms with Crippen LogP contribution < -0.4 is 5.32 Å². The number of aliphatic carboxylic acids is 1. The van der Waals surface area contributed by atoms with Gasteiger partial charge in [-0.25, -0.2) is 0 Å². The van der Waals surface area contributed by atoms with Crippen molar-refractivity contribution < 1.29 is 14.7 Å². The van der Waals surface area contributed by atoms with E-state index in [0.29, 0.717) is 6.42 Å². The lowest BCUT2D eigenvalue weighted by molar-refractivity contribution is -0.142. The maximum absolute atomic E-state index is 11.7. The zero-order valence-corrected chi connectivity index (χ0v) is 9.87. The number of carboxylic acid groups (broad SMARTS) is 1. The maximum Gasteiger partial charge on any atom is 0.308 e. The van der Waals surface area contributed by atoms with Gasteiger partial charge in [-0.15, -0.1) is 0 Å². The van der Waals surface area contributed by atoms with Crippen LogP contribution in [0.25, 0.3) is 0 Å². The second kappa shape index (κ2) is 6.51. The molecule has 1 aliphatic carbocycles. The summed E-state index contributed by atoms with van der Waals surface area (Å²) >= 11 is 0. The Bertz CT molecular complexity index is 247. The molecule has 1 aliphatic rings. The second-order valence-corrected chi connectivity index (χ2v) is 4.55. The van der Waals surface area contributed by atoms with Crippen LogP contribution in [0.5, 0.6) is 0 Å². The van der Waals surface area contributed by atoms with E-state index < -0.39 is 11.9 Å². The quantitative estimate of drug-likeness (QED) is 0.727. The van der Waals surface area contributed by atoms with E-state index in [1.807, 2.05) is 6.92 Å². The molecule has 0 aromatic carbocycles. The molecule has 1 saturated carbocycles. The molecule has 0 aromatic heterocycles. The highest BCUT2D eigenvalue weighted by atomic mass is 16.4. The van der Waals surface area contributed by atoms with Crippen LogP contribution in [0.4, 0.5) is 0 Å². The first-order chi connectivity index (χ1) is 7.65. The van der Waals surface area contributed by atoms with Gasteiger partial charge in [0.15, 0.2) is 0 Å². The van der Waals surface area contributed by atoms with E-state index in [4.69, 9.17) is 5.11 Å². The van der Waals surface area contributed by atoms with Gasteiger partial charge in [0.2, 0.25) is 5.91 Å². The number of carboxylic acids is 1. The van der Waals surface area contributed by atoms with E-state index in [-0.39, 0.29) is 18.4 Å². The van der Waals surface area contributed by atoms with Crippen molar-refractivity contribution in [1.82, 2.24) is 5.32 Å². The molecule has 0 spiro atoms. The fraction of sp³-hybridized carbons (Fsp3) is 0.833. The topological polar surface area (TPSA) is 66.4 Å². The van der Waals surface area contributed by atoms with E-state index >= 15 is 0 Å². The fourth-order valence-electron chi connectivity index (χ4n) is 2.22. The normalized spacial score (nSPS) is 18.3. The summed E-state index contributed by atoms with van der Waals surface area (Å²) in [6.45, 7) is 2.23. The number of hydrogen-bond acceptors (Lipinski definition) is 2. The molecular formula is C12H21NO3. The van der Waals surface area contributed by atoms with Crippen molar-refractivity contribution in [2.45, 2.75) is 45.4 Å². The summed E-state index contributed by atoms with van der Waals surface area (Å²) in [5, 5.41) is 11.7. The third kappa shape index (κ3) is 3.83. The van der Waals surface area contributed by atoms with Gasteiger partial charge in [0, 0.05) is 12.5 Å². The molecule has 0 saturated heterocycles. The number of hydrogen-bond donors (Lipinski definition) is 2. The number of amides is 1. The Morgan fingerprint density at radius 3 is 2.50 bits per heavy atom. The fourth-order valence-corrected chi connectivity index (χ4v) is 2.22. The smallest absolute Gasteiger partial charge is 0.308 e. The highest BCUT2D eigenvalue weighted by Gasteiger charge is 2.24. The molecule has 2 N–H and O–H groups in total. The molecule has 4 nitrogen and oxygen atoms in total. The van der Waals surface area contributed by atoms with E-state index in [1.54, 1.807) is 0 Å². The molecule has 16 heavy (non-hydrogen) atoms. The summed E-state index contributed by atoms with van der Waals surface area (Å²) in [5.41, 5.74) is 0. The van der Waals surface area contributed by atoms with Crippen LogP contribution in [-0.2, 0) is 9.59 Å². The third-order valence-corrected chi connectivity index (χ3v) is 3.24. The van der Waals surface area contributed by atoms with Crippen molar-refractivity contribution in [2.24, 2.45) is 11.8 Å². The molecule has 0 bridgehead atoms. The first-order valence-electron chi connectivity index (χ1n) is 6.15. The standard InChI is InChI=1S/C12H21NO3/c1-2-5-10(12(15)16)8-13-11(14)9-6-3-4-7-9/h9-10H,2-8H2,1H3,(H,13,14)(H,15,16). The number of nitrogens with one attached hydrogen (secondary N) is 1. The average molecular weight is 227 g/mol. The molecule has 0 heterocycles. The van der Waals surface area contributed by atoms with Gasteiger partial charge in [0.25, 0.3) is 0 Å². The highest BCUT2D eigenvalue weighted by Crippen LogP contribution is 2.24. The third-order valence-electron chi connectivity index (χ3n) is 3.24. The predicted octanol–water partition coefficient (Wildman–Crippen LogP) is 1.79. The average Bonchev–Trinajstić information content (AvgIpc) is 2.76. The zero-order valence-electron chi connectivity index (χ0n) is 9.87. The van der Waals surface area contributed by atoms with Gasteiger partial charge in [-0.05, 0) is 19.3 Å². The molecule has 1 amide bonds. The molecule has 92 valence electrons. The minimum Gasteiger partial charge on any atom is -0.481 e. The zero-order chi connectivity index (χ0) is 12.0. The Hall–Kier alpha value is -1.06. The Balaban J connectivity index is 2.30. The van der Waals surface area contributed by atoms with Crippen LogP contribution >= 0.6 is 0 Å². The summed E-state index contributed by atoms with van der Waals surface area (Å²) in [5.74, 6) is -1.08. The lowest BCUT2D eigenvalue weighted by Crippen LogP contribution is -2.36. The van der Waals surface area contributed by atoms with Gasteiger partial charge in [-0.3, -0.25) is 9.59 Å². The Morgan fingerprint density at radius 2 is 2.00 bits per heavy atom. The van der Waals surface area contributed by atoms with E-state index in [0.717, 1.165) is 32.1 Å². The highest BCUT2D eigenvalue weighted by molar-refractivity contribution is 5.79. The SMILES string of the molecule is CCCC(CNC(=O)C1CCCC1)C(=O)O. The Kier molecular flexibility index (Phi) is 5.29. The molecule has 1 atom stereocenters. The summed E-state index contributed by atoms with van der Waals surface area (Å²) in [6, 6.07) is 0. The van der Waals surface area contributed by atoms with Crippen LogP contribution in [-0.4, -0.2) is 23.5 Å². The van der Waals surface area contributed by atoms with Crippen molar-refractivity contribution in [3.8, 4) is 0 Å². The van der Waals surface area contributed by atoms with Gasteiger partial charge in [-0.1, -0.05) is 26.2 Å². The van der Waals surface area contributed by atoms with Crippen molar-refractivity contribution in [1.29, 1.82) is 0 Å². The van der Waals surface area contributed by atoms with Crippen molar-refractivity contribution in [2.75, 3.05) is 6.54 Å². The van der Waals surface area contributed by atoms with Gasteiger partial charge in [0.1, 0.15) is 0 Å². The molecule has 1 rings (SSSR count). The summed E-state index contributed by atoms with van der Waals surface area (Å²) in [6.07, 6.45) is 5.61. The van der Waals surface area contributed by atoms with E-state index in [1.165, 1.54) is 0 Å². The lowest BCUT2D eigenvalue weighted by atomic mass is 10.0. The van der Waals surface area contributed by atoms with E-state index in [9.17, 15) is 9.59 Å². The largest absolute Gasteiger partial charge is 0.481 e. The molecule has 1 unspecified atom stereocenters. The van der Waals surface area contributed by atoms with Crippen molar-refractivity contribution in [3.63, 3.8) is 0 Å². The van der Waals surface area contributed by atoms with Gasteiger partial charge < -0.3 is 10.4 Å². The van der Waals surface area contributed by atoms with Crippen LogP contribution in [0, 0.1) is 11.8 Å². The molecule has 0 aromatic rings. The monoisotopic (exact) mass is 227 g/mol. The second-order valence-electron chi connectivity index (χ2n) is 4.55. The molecule has 0 aliphatic heterocycles. The molecule has 1 fully saturated rings. The minimum absolute atomic E-state index is 0.0415. The molecule has 4 heteroatoms. The van der Waals surface area contributed by atoms with Gasteiger partial charge in [0.05, 0.1) is 5.92 Å². The molecular weight excluding hydrogens is 206 g/mol. The van der Waals surface area contributed by atoms with Crippen LogP contribution in [0.15, 0.2) is 0 Å². The summed E-state index contributed by atoms with van der Waals surface area (Å²) in [4.78, 5) is 22.5. The number of carbonyl (C=O) groups is 2. The lowest BCUT2D eigenvalue weighted by Gasteiger charge is -2.14. The Labute approximate surface area is 96.4 Å². The predicted molar refractivity (Wildman–Crippen MR) is 61.0 cm³/mol. The van der Waals surface area contributed by atoms with Gasteiger partial charge in [-0.2, -0.15) is 0 Å². The van der Waals surface area contributed by atoms with Crippen LogP contribution in [0.1, 0.15) is 45.4 Å². The number of carbonyl (C=O) groups excluding carboxylic acids is 1. The van der Waals surface area contributed by atoms with Crippen molar-refractivity contribution >= 4 is 11.9 Å².